The molecule has 1 aliphatic rings. The third-order valence-corrected chi connectivity index (χ3v) is 2.89. The lowest BCUT2D eigenvalue weighted by atomic mass is 10.0. The topological polar surface area (TPSA) is 116 Å². The Labute approximate surface area is 79.4 Å². The van der Waals surface area contributed by atoms with Crippen LogP contribution in [0.4, 0.5) is 0 Å². The van der Waals surface area contributed by atoms with E-state index >= 15 is 0 Å². The molecule has 0 bridgehead atoms. The van der Waals surface area contributed by atoms with Crippen molar-refractivity contribution in [2.45, 2.75) is 29.9 Å². The minimum absolute atomic E-state index is 0.365. The first-order valence-corrected chi connectivity index (χ1v) is 4.72. The number of aliphatic hydroxyl groups is 4. The molecular formula is C6H13NO5S. The molecular weight excluding hydrogens is 198 g/mol. The molecule has 6 N–H and O–H groups in total. The Kier molecular flexibility index (Phi) is 3.92. The lowest BCUT2D eigenvalue weighted by molar-refractivity contribution is -0.248. The van der Waals surface area contributed by atoms with Crippen molar-refractivity contribution in [2.24, 2.45) is 5.14 Å². The maximum Gasteiger partial charge on any atom is 0.183 e. The van der Waals surface area contributed by atoms with Gasteiger partial charge >= 0.3 is 0 Å². The van der Waals surface area contributed by atoms with Crippen LogP contribution in [0.25, 0.3) is 0 Å². The molecule has 0 saturated carbocycles. The molecule has 0 aromatic rings. The summed E-state index contributed by atoms with van der Waals surface area (Å²) in [6.07, 6.45) is -4.82. The Morgan fingerprint density at radius 3 is 2.31 bits per heavy atom. The van der Waals surface area contributed by atoms with E-state index in [-0.39, 0.29) is 6.61 Å². The van der Waals surface area contributed by atoms with Crippen LogP contribution in [0.2, 0.25) is 0 Å². The van der Waals surface area contributed by atoms with Crippen molar-refractivity contribution in [3.8, 4) is 0 Å². The average Bonchev–Trinajstić information content (AvgIpc) is 2.13. The number of nitrogens with two attached hydrogens (primary N) is 1. The molecule has 78 valence electrons. The highest BCUT2D eigenvalue weighted by Crippen LogP contribution is 2.26. The van der Waals surface area contributed by atoms with Crippen LogP contribution in [-0.4, -0.2) is 56.9 Å². The number of aliphatic hydroxyl groups excluding tert-OH is 4. The zero-order valence-corrected chi connectivity index (χ0v) is 7.59. The van der Waals surface area contributed by atoms with Crippen LogP contribution >= 0.6 is 11.9 Å². The van der Waals surface area contributed by atoms with E-state index in [1.54, 1.807) is 0 Å². The number of rotatable bonds is 2. The number of hydrogen-bond donors (Lipinski definition) is 5. The van der Waals surface area contributed by atoms with E-state index in [9.17, 15) is 10.2 Å². The standard InChI is InChI=1S/C6H13NO5S/c7-13-5-2(1-8)12-6(11)4(10)3(5)9/h2-6,8-11H,1,7H2/t2-,3-,4-,5+,6+/m1/s1. The SMILES string of the molecule is NS[C@@H]1[C@H](O)[C@@H](O)[C@@H](O)O[C@@H]1CO. The van der Waals surface area contributed by atoms with Crippen molar-refractivity contribution in [3.63, 3.8) is 0 Å². The van der Waals surface area contributed by atoms with Gasteiger partial charge in [-0.2, -0.15) is 0 Å². The van der Waals surface area contributed by atoms with Gasteiger partial charge in [0.15, 0.2) is 6.29 Å². The number of hydrogen-bond acceptors (Lipinski definition) is 7. The quantitative estimate of drug-likeness (QED) is 0.318. The fourth-order valence-corrected chi connectivity index (χ4v) is 1.88. The van der Waals surface area contributed by atoms with Crippen LogP contribution < -0.4 is 5.14 Å². The van der Waals surface area contributed by atoms with E-state index in [0.29, 0.717) is 0 Å². The molecule has 0 spiro atoms. The van der Waals surface area contributed by atoms with Gasteiger partial charge in [-0.25, -0.2) is 0 Å². The van der Waals surface area contributed by atoms with Crippen LogP contribution in [0.3, 0.4) is 0 Å². The van der Waals surface area contributed by atoms with Crippen molar-refractivity contribution in [1.29, 1.82) is 0 Å². The van der Waals surface area contributed by atoms with Crippen LogP contribution in [-0.2, 0) is 4.74 Å². The Morgan fingerprint density at radius 2 is 1.85 bits per heavy atom. The Hall–Kier alpha value is 0.110. The van der Waals surface area contributed by atoms with E-state index in [1.165, 1.54) is 0 Å². The van der Waals surface area contributed by atoms with E-state index < -0.39 is 29.9 Å². The lowest BCUT2D eigenvalue weighted by Crippen LogP contribution is -2.57. The molecule has 0 aliphatic carbocycles. The average molecular weight is 211 g/mol. The molecule has 0 radical (unpaired) electrons. The van der Waals surface area contributed by atoms with Crippen LogP contribution in [0.15, 0.2) is 0 Å². The highest BCUT2D eigenvalue weighted by atomic mass is 32.2. The summed E-state index contributed by atoms with van der Waals surface area (Å²) in [7, 11) is 0. The maximum atomic E-state index is 9.41. The van der Waals surface area contributed by atoms with Gasteiger partial charge in [-0.05, 0) is 0 Å². The predicted octanol–water partition coefficient (Wildman–Crippen LogP) is -2.61. The summed E-state index contributed by atoms with van der Waals surface area (Å²) in [6, 6.07) is 0. The predicted molar refractivity (Wildman–Crippen MR) is 45.5 cm³/mol. The van der Waals surface area contributed by atoms with Crippen molar-refractivity contribution in [3.05, 3.63) is 0 Å². The Bertz CT molecular complexity index is 169. The third kappa shape index (κ3) is 2.13. The molecule has 1 rings (SSSR count). The van der Waals surface area contributed by atoms with E-state index in [2.05, 4.69) is 0 Å². The first-order chi connectivity index (χ1) is 6.11. The van der Waals surface area contributed by atoms with Gasteiger partial charge in [0.2, 0.25) is 0 Å². The highest BCUT2D eigenvalue weighted by molar-refractivity contribution is 7.97. The highest BCUT2D eigenvalue weighted by Gasteiger charge is 2.43. The van der Waals surface area contributed by atoms with E-state index in [1.807, 2.05) is 0 Å². The van der Waals surface area contributed by atoms with Gasteiger partial charge in [0, 0.05) is 0 Å². The Morgan fingerprint density at radius 1 is 1.23 bits per heavy atom. The summed E-state index contributed by atoms with van der Waals surface area (Å²) >= 11 is 0.786. The van der Waals surface area contributed by atoms with Gasteiger partial charge in [-0.15, -0.1) is 0 Å². The second-order valence-corrected chi connectivity index (χ2v) is 3.65. The van der Waals surface area contributed by atoms with Gasteiger partial charge in [-0.3, -0.25) is 5.14 Å². The third-order valence-electron chi connectivity index (χ3n) is 2.00. The number of ether oxygens (including phenoxy) is 1. The van der Waals surface area contributed by atoms with Gasteiger partial charge in [0.1, 0.15) is 12.2 Å². The summed E-state index contributed by atoms with van der Waals surface area (Å²) in [5, 5.41) is 41.1. The fourth-order valence-electron chi connectivity index (χ4n) is 1.24. The fraction of sp³-hybridized carbons (Fsp3) is 1.00. The largest absolute Gasteiger partial charge is 0.394 e. The molecule has 0 aromatic carbocycles. The van der Waals surface area contributed by atoms with Crippen LogP contribution in [0, 0.1) is 0 Å². The maximum absolute atomic E-state index is 9.41. The zero-order chi connectivity index (χ0) is 10.0. The molecule has 13 heavy (non-hydrogen) atoms. The molecule has 0 aromatic heterocycles. The van der Waals surface area contributed by atoms with Gasteiger partial charge in [0.25, 0.3) is 0 Å². The summed E-state index contributed by atoms with van der Waals surface area (Å²) in [6.45, 7) is -0.365. The summed E-state index contributed by atoms with van der Waals surface area (Å²) in [5.41, 5.74) is 0. The van der Waals surface area contributed by atoms with Gasteiger partial charge in [-0.1, -0.05) is 11.9 Å². The molecule has 5 atom stereocenters. The molecule has 6 nitrogen and oxygen atoms in total. The van der Waals surface area contributed by atoms with Gasteiger partial charge in [0.05, 0.1) is 18.0 Å². The molecule has 1 heterocycles. The molecule has 0 unspecified atom stereocenters. The minimum Gasteiger partial charge on any atom is -0.394 e. The second kappa shape index (κ2) is 4.56. The van der Waals surface area contributed by atoms with Crippen molar-refractivity contribution < 1.29 is 25.2 Å². The first kappa shape index (κ1) is 11.2. The van der Waals surface area contributed by atoms with Crippen molar-refractivity contribution in [2.75, 3.05) is 6.61 Å². The second-order valence-electron chi connectivity index (χ2n) is 2.83. The van der Waals surface area contributed by atoms with Crippen LogP contribution in [0.1, 0.15) is 0 Å². The summed E-state index contributed by atoms with van der Waals surface area (Å²) < 4.78 is 4.82. The minimum atomic E-state index is -1.48. The molecule has 1 aliphatic heterocycles. The molecule has 7 heteroatoms. The summed E-state index contributed by atoms with van der Waals surface area (Å²) in [5.74, 6) is 0. The molecule has 0 amide bonds. The monoisotopic (exact) mass is 211 g/mol. The summed E-state index contributed by atoms with van der Waals surface area (Å²) in [4.78, 5) is 0. The van der Waals surface area contributed by atoms with Crippen molar-refractivity contribution >= 4 is 11.9 Å². The Balaban J connectivity index is 2.69. The van der Waals surface area contributed by atoms with Gasteiger partial charge < -0.3 is 25.2 Å². The molecule has 1 fully saturated rings. The zero-order valence-electron chi connectivity index (χ0n) is 6.78. The van der Waals surface area contributed by atoms with E-state index in [0.717, 1.165) is 11.9 Å². The smallest absolute Gasteiger partial charge is 0.183 e. The lowest BCUT2D eigenvalue weighted by Gasteiger charge is -2.38. The van der Waals surface area contributed by atoms with Crippen molar-refractivity contribution in [1.82, 2.24) is 0 Å². The molecule has 1 saturated heterocycles. The first-order valence-electron chi connectivity index (χ1n) is 3.78. The normalized spacial score (nSPS) is 46.4. The van der Waals surface area contributed by atoms with E-state index in [4.69, 9.17) is 20.1 Å². The van der Waals surface area contributed by atoms with Crippen LogP contribution in [0.5, 0.6) is 0 Å².